The number of fused-ring (bicyclic) bond motifs is 2. The SMILES string of the molecule is CC(C(=O)N1CCCC1)C1CCC2(C)Cc3sc(NC(=O)CS(=O)(=O)c4ccccc4)nc3C(C)C2C1O. The quantitative estimate of drug-likeness (QED) is 0.555. The molecule has 2 fully saturated rings. The summed E-state index contributed by atoms with van der Waals surface area (Å²) in [7, 11) is -3.75. The fourth-order valence-corrected chi connectivity index (χ4v) is 9.48. The number of rotatable bonds is 6. The highest BCUT2D eigenvalue weighted by Gasteiger charge is 2.54. The number of carbonyl (C=O) groups excluding carboxylic acids is 2. The van der Waals surface area contributed by atoms with Gasteiger partial charge in [0.15, 0.2) is 15.0 Å². The summed E-state index contributed by atoms with van der Waals surface area (Å²) in [4.78, 5) is 33.6. The molecule has 2 N–H and O–H groups in total. The van der Waals surface area contributed by atoms with Crippen LogP contribution in [0, 0.1) is 23.2 Å². The molecule has 2 aromatic rings. The molecule has 6 atom stereocenters. The molecule has 0 radical (unpaired) electrons. The minimum Gasteiger partial charge on any atom is -0.392 e. The predicted octanol–water partition coefficient (Wildman–Crippen LogP) is 3.87. The van der Waals surface area contributed by atoms with Crippen LogP contribution < -0.4 is 5.32 Å². The van der Waals surface area contributed by atoms with Gasteiger partial charge in [0, 0.05) is 29.8 Å². The van der Waals surface area contributed by atoms with Crippen molar-refractivity contribution in [1.82, 2.24) is 9.88 Å². The molecule has 5 rings (SSSR count). The van der Waals surface area contributed by atoms with E-state index in [9.17, 15) is 23.1 Å². The average Bonchev–Trinajstić information content (AvgIpc) is 3.53. The summed E-state index contributed by atoms with van der Waals surface area (Å²) in [6, 6.07) is 7.94. The lowest BCUT2D eigenvalue weighted by Gasteiger charge is -2.53. The van der Waals surface area contributed by atoms with Crippen molar-refractivity contribution in [3.63, 3.8) is 0 Å². The molecule has 1 saturated heterocycles. The zero-order valence-corrected chi connectivity index (χ0v) is 23.9. The lowest BCUT2D eigenvalue weighted by Crippen LogP contribution is -2.53. The molecule has 0 spiro atoms. The summed E-state index contributed by atoms with van der Waals surface area (Å²) < 4.78 is 25.2. The van der Waals surface area contributed by atoms with Crippen LogP contribution in [-0.2, 0) is 25.8 Å². The van der Waals surface area contributed by atoms with Crippen LogP contribution in [-0.4, -0.2) is 60.2 Å². The van der Waals surface area contributed by atoms with Gasteiger partial charge in [-0.05, 0) is 61.5 Å². The van der Waals surface area contributed by atoms with Gasteiger partial charge >= 0.3 is 0 Å². The second-order valence-corrected chi connectivity index (χ2v) is 14.7. The predicted molar refractivity (Wildman–Crippen MR) is 147 cm³/mol. The van der Waals surface area contributed by atoms with E-state index in [1.807, 2.05) is 11.8 Å². The molecule has 2 amide bonds. The molecule has 3 aliphatic rings. The third-order valence-corrected chi connectivity index (χ3v) is 11.7. The molecule has 38 heavy (non-hydrogen) atoms. The van der Waals surface area contributed by atoms with Crippen molar-refractivity contribution in [1.29, 1.82) is 0 Å². The molecule has 6 unspecified atom stereocenters. The molecule has 1 aromatic carbocycles. The first-order valence-corrected chi connectivity index (χ1v) is 16.0. The van der Waals surface area contributed by atoms with E-state index in [1.54, 1.807) is 18.2 Å². The van der Waals surface area contributed by atoms with Crippen molar-refractivity contribution >= 4 is 38.1 Å². The largest absolute Gasteiger partial charge is 0.392 e. The molecule has 1 aliphatic heterocycles. The van der Waals surface area contributed by atoms with Gasteiger partial charge in [-0.3, -0.25) is 9.59 Å². The highest BCUT2D eigenvalue weighted by atomic mass is 32.2. The molecule has 10 heteroatoms. The van der Waals surface area contributed by atoms with E-state index < -0.39 is 27.6 Å². The highest BCUT2D eigenvalue weighted by molar-refractivity contribution is 7.92. The lowest BCUT2D eigenvalue weighted by molar-refractivity contribution is -0.143. The number of likely N-dealkylation sites (tertiary alicyclic amines) is 1. The van der Waals surface area contributed by atoms with Crippen molar-refractivity contribution < 1.29 is 23.1 Å². The Hall–Kier alpha value is -2.30. The number of aliphatic hydroxyl groups is 1. The fraction of sp³-hybridized carbons (Fsp3) is 0.607. The molecule has 8 nitrogen and oxygen atoms in total. The summed E-state index contributed by atoms with van der Waals surface area (Å²) in [5.41, 5.74) is 0.723. The van der Waals surface area contributed by atoms with E-state index in [0.29, 0.717) is 5.13 Å². The number of nitrogens with zero attached hydrogens (tertiary/aromatic N) is 2. The number of aliphatic hydroxyl groups excluding tert-OH is 1. The number of nitrogens with one attached hydrogen (secondary N) is 1. The summed E-state index contributed by atoms with van der Waals surface area (Å²) in [6.07, 6.45) is 3.94. The Balaban J connectivity index is 1.31. The van der Waals surface area contributed by atoms with Crippen molar-refractivity contribution in [3.05, 3.63) is 40.9 Å². The third-order valence-electron chi connectivity index (χ3n) is 9.04. The van der Waals surface area contributed by atoms with Crippen LogP contribution in [0.2, 0.25) is 0 Å². The Morgan fingerprint density at radius 2 is 1.92 bits per heavy atom. The molecule has 1 saturated carbocycles. The smallest absolute Gasteiger partial charge is 0.241 e. The van der Waals surface area contributed by atoms with Gasteiger partial charge in [0.05, 0.1) is 16.7 Å². The number of anilines is 1. The van der Waals surface area contributed by atoms with Crippen LogP contribution in [0.3, 0.4) is 0 Å². The number of hydrogen-bond acceptors (Lipinski definition) is 7. The summed E-state index contributed by atoms with van der Waals surface area (Å²) in [5.74, 6) is -1.53. The van der Waals surface area contributed by atoms with Gasteiger partial charge in [-0.1, -0.05) is 39.0 Å². The Labute approximate surface area is 228 Å². The van der Waals surface area contributed by atoms with Gasteiger partial charge in [-0.15, -0.1) is 11.3 Å². The number of benzene rings is 1. The minimum absolute atomic E-state index is 0.0494. The van der Waals surface area contributed by atoms with E-state index >= 15 is 0 Å². The van der Waals surface area contributed by atoms with Crippen LogP contribution in [0.4, 0.5) is 5.13 Å². The van der Waals surface area contributed by atoms with Crippen molar-refractivity contribution in [2.45, 2.75) is 69.8 Å². The Bertz CT molecular complexity index is 1300. The first-order valence-electron chi connectivity index (χ1n) is 13.5. The van der Waals surface area contributed by atoms with E-state index in [4.69, 9.17) is 4.98 Å². The molecule has 1 aromatic heterocycles. The first-order chi connectivity index (χ1) is 18.0. The van der Waals surface area contributed by atoms with Crippen molar-refractivity contribution in [2.24, 2.45) is 23.2 Å². The van der Waals surface area contributed by atoms with Crippen LogP contribution in [0.25, 0.3) is 0 Å². The van der Waals surface area contributed by atoms with E-state index in [-0.39, 0.29) is 39.9 Å². The number of carbonyl (C=O) groups is 2. The van der Waals surface area contributed by atoms with Gasteiger partial charge in [0.1, 0.15) is 5.75 Å². The lowest BCUT2D eigenvalue weighted by atomic mass is 9.53. The fourth-order valence-electron chi connectivity index (χ4n) is 7.05. The van der Waals surface area contributed by atoms with Crippen molar-refractivity contribution in [3.8, 4) is 0 Å². The van der Waals surface area contributed by atoms with Gasteiger partial charge < -0.3 is 15.3 Å². The van der Waals surface area contributed by atoms with Crippen LogP contribution in [0.15, 0.2) is 35.2 Å². The topological polar surface area (TPSA) is 117 Å². The molecular weight excluding hydrogens is 522 g/mol. The van der Waals surface area contributed by atoms with Crippen LogP contribution in [0.5, 0.6) is 0 Å². The Morgan fingerprint density at radius 3 is 2.61 bits per heavy atom. The minimum atomic E-state index is -3.75. The summed E-state index contributed by atoms with van der Waals surface area (Å²) >= 11 is 1.39. The first kappa shape index (κ1) is 27.3. The standard InChI is InChI=1S/C28H37N3O5S2/c1-17(26(34)31-13-7-8-14-31)20-11-12-28(3)15-21-24(18(2)23(28)25(20)33)30-27(37-21)29-22(32)16-38(35,36)19-9-5-4-6-10-19/h4-6,9-10,17-18,20,23,25,33H,7-8,11-16H2,1-3H3,(H,29,30,32). The van der Waals surface area contributed by atoms with Gasteiger partial charge in [0.25, 0.3) is 0 Å². The molecule has 2 heterocycles. The second kappa shape index (κ2) is 10.4. The molecule has 0 bridgehead atoms. The van der Waals surface area contributed by atoms with E-state index in [0.717, 1.165) is 55.8 Å². The summed E-state index contributed by atoms with van der Waals surface area (Å²) in [5, 5.41) is 14.7. The zero-order valence-electron chi connectivity index (χ0n) is 22.2. The van der Waals surface area contributed by atoms with Gasteiger partial charge in [-0.2, -0.15) is 0 Å². The van der Waals surface area contributed by atoms with Crippen molar-refractivity contribution in [2.75, 3.05) is 24.2 Å². The molecular formula is C28H37N3O5S2. The maximum Gasteiger partial charge on any atom is 0.241 e. The number of sulfone groups is 1. The van der Waals surface area contributed by atoms with Crippen LogP contribution >= 0.6 is 11.3 Å². The van der Waals surface area contributed by atoms with Gasteiger partial charge in [0.2, 0.25) is 11.8 Å². The van der Waals surface area contributed by atoms with E-state index in [1.165, 1.54) is 23.5 Å². The number of hydrogen-bond donors (Lipinski definition) is 2. The number of amides is 2. The number of aromatic nitrogens is 1. The molecule has 2 aliphatic carbocycles. The third kappa shape index (κ3) is 5.02. The molecule has 206 valence electrons. The Morgan fingerprint density at radius 1 is 1.24 bits per heavy atom. The Kier molecular flexibility index (Phi) is 7.43. The zero-order chi connectivity index (χ0) is 27.2. The van der Waals surface area contributed by atoms with Gasteiger partial charge in [-0.25, -0.2) is 13.4 Å². The van der Waals surface area contributed by atoms with E-state index in [2.05, 4.69) is 19.2 Å². The number of thiazole rings is 1. The monoisotopic (exact) mass is 559 g/mol. The average molecular weight is 560 g/mol. The van der Waals surface area contributed by atoms with Crippen LogP contribution in [0.1, 0.15) is 62.9 Å². The maximum absolute atomic E-state index is 13.1. The maximum atomic E-state index is 13.1. The highest BCUT2D eigenvalue weighted by Crippen LogP contribution is 2.57. The second-order valence-electron chi connectivity index (χ2n) is 11.6. The summed E-state index contributed by atoms with van der Waals surface area (Å²) in [6.45, 7) is 7.88. The normalized spacial score (nSPS) is 29.8.